The molecular formula is C15H15BrN2O4. The summed E-state index contributed by atoms with van der Waals surface area (Å²) in [5.41, 5.74) is 1.01. The van der Waals surface area contributed by atoms with Crippen LogP contribution in [-0.4, -0.2) is 36.4 Å². The minimum atomic E-state index is 0.0237. The first-order valence-electron chi connectivity index (χ1n) is 6.77. The molecule has 0 atom stereocenters. The van der Waals surface area contributed by atoms with Crippen LogP contribution in [-0.2, 0) is 11.3 Å². The molecular weight excluding hydrogens is 352 g/mol. The van der Waals surface area contributed by atoms with Gasteiger partial charge in [0.1, 0.15) is 18.5 Å². The zero-order valence-electron chi connectivity index (χ0n) is 12.0. The van der Waals surface area contributed by atoms with Crippen molar-refractivity contribution in [1.29, 1.82) is 0 Å². The third-order valence-corrected chi connectivity index (χ3v) is 3.65. The molecule has 1 aliphatic heterocycles. The van der Waals surface area contributed by atoms with Gasteiger partial charge in [-0.15, -0.1) is 0 Å². The highest BCUT2D eigenvalue weighted by molar-refractivity contribution is 9.10. The Labute approximate surface area is 136 Å². The maximum absolute atomic E-state index is 5.72. The SMILES string of the molecule is COc1ccc(COc2nc(OC3COC3)ncc2Br)cc1. The van der Waals surface area contributed by atoms with E-state index in [0.29, 0.717) is 36.2 Å². The fourth-order valence-electron chi connectivity index (χ4n) is 1.80. The van der Waals surface area contributed by atoms with E-state index in [4.69, 9.17) is 18.9 Å². The van der Waals surface area contributed by atoms with Crippen LogP contribution in [0.1, 0.15) is 5.56 Å². The van der Waals surface area contributed by atoms with Crippen LogP contribution in [0.25, 0.3) is 0 Å². The predicted octanol–water partition coefficient (Wildman–Crippen LogP) is 2.60. The van der Waals surface area contributed by atoms with Crippen LogP contribution in [0, 0.1) is 0 Å². The first-order valence-corrected chi connectivity index (χ1v) is 7.56. The summed E-state index contributed by atoms with van der Waals surface area (Å²) >= 11 is 3.37. The molecule has 0 amide bonds. The van der Waals surface area contributed by atoms with E-state index in [1.54, 1.807) is 13.3 Å². The summed E-state index contributed by atoms with van der Waals surface area (Å²) in [6, 6.07) is 7.95. The summed E-state index contributed by atoms with van der Waals surface area (Å²) in [6.07, 6.45) is 1.64. The minimum Gasteiger partial charge on any atom is -0.497 e. The van der Waals surface area contributed by atoms with Gasteiger partial charge in [-0.1, -0.05) is 12.1 Å². The van der Waals surface area contributed by atoms with Crippen molar-refractivity contribution in [3.05, 3.63) is 40.5 Å². The van der Waals surface area contributed by atoms with Crippen LogP contribution in [0.2, 0.25) is 0 Å². The molecule has 7 heteroatoms. The number of methoxy groups -OCH3 is 1. The molecule has 0 N–H and O–H groups in total. The number of halogens is 1. The smallest absolute Gasteiger partial charge is 0.320 e. The Hall–Kier alpha value is -1.86. The van der Waals surface area contributed by atoms with E-state index < -0.39 is 0 Å². The van der Waals surface area contributed by atoms with Crippen LogP contribution in [0.5, 0.6) is 17.6 Å². The molecule has 2 aromatic rings. The highest BCUT2D eigenvalue weighted by atomic mass is 79.9. The van der Waals surface area contributed by atoms with Crippen molar-refractivity contribution in [2.75, 3.05) is 20.3 Å². The average Bonchev–Trinajstić information content (AvgIpc) is 2.51. The van der Waals surface area contributed by atoms with Crippen LogP contribution in [0.15, 0.2) is 34.9 Å². The van der Waals surface area contributed by atoms with Gasteiger partial charge < -0.3 is 18.9 Å². The minimum absolute atomic E-state index is 0.0237. The molecule has 22 heavy (non-hydrogen) atoms. The lowest BCUT2D eigenvalue weighted by Crippen LogP contribution is -2.39. The highest BCUT2D eigenvalue weighted by Gasteiger charge is 2.21. The molecule has 0 saturated carbocycles. The summed E-state index contributed by atoms with van der Waals surface area (Å²) < 4.78 is 22.1. The molecule has 0 aliphatic carbocycles. The first kappa shape index (κ1) is 15.1. The van der Waals surface area contributed by atoms with E-state index >= 15 is 0 Å². The molecule has 1 aromatic carbocycles. The van der Waals surface area contributed by atoms with Crippen molar-refractivity contribution in [2.45, 2.75) is 12.7 Å². The third-order valence-electron chi connectivity index (χ3n) is 3.10. The van der Waals surface area contributed by atoms with Crippen LogP contribution < -0.4 is 14.2 Å². The summed E-state index contributed by atoms with van der Waals surface area (Å²) in [6.45, 7) is 1.54. The van der Waals surface area contributed by atoms with E-state index in [1.165, 1.54) is 0 Å². The topological polar surface area (TPSA) is 62.7 Å². The summed E-state index contributed by atoms with van der Waals surface area (Å²) in [5.74, 6) is 1.26. The molecule has 0 bridgehead atoms. The average molecular weight is 367 g/mol. The normalized spacial score (nSPS) is 14.3. The molecule has 1 aromatic heterocycles. The standard InChI is InChI=1S/C15H15BrN2O4/c1-19-11-4-2-10(3-5-11)7-21-14-13(16)6-17-15(18-14)22-12-8-20-9-12/h2-6,12H,7-9H2,1H3. The van der Waals surface area contributed by atoms with Crippen LogP contribution in [0.4, 0.5) is 0 Å². The number of rotatable bonds is 6. The highest BCUT2D eigenvalue weighted by Crippen LogP contribution is 2.25. The lowest BCUT2D eigenvalue weighted by Gasteiger charge is -2.25. The van der Waals surface area contributed by atoms with Gasteiger partial charge in [0.2, 0.25) is 5.88 Å². The molecule has 116 valence electrons. The number of hydrogen-bond acceptors (Lipinski definition) is 6. The van der Waals surface area contributed by atoms with E-state index in [0.717, 1.165) is 11.3 Å². The zero-order chi connectivity index (χ0) is 15.4. The second-order valence-corrected chi connectivity index (χ2v) is 5.57. The monoisotopic (exact) mass is 366 g/mol. The van der Waals surface area contributed by atoms with Gasteiger partial charge in [0.25, 0.3) is 0 Å². The fourth-order valence-corrected chi connectivity index (χ4v) is 2.10. The lowest BCUT2D eigenvalue weighted by molar-refractivity contribution is -0.0833. The van der Waals surface area contributed by atoms with Crippen molar-refractivity contribution in [3.8, 4) is 17.6 Å². The quantitative estimate of drug-likeness (QED) is 0.782. The predicted molar refractivity (Wildman–Crippen MR) is 82.3 cm³/mol. The van der Waals surface area contributed by atoms with Gasteiger partial charge in [-0.25, -0.2) is 4.98 Å². The number of benzene rings is 1. The van der Waals surface area contributed by atoms with Crippen molar-refractivity contribution in [2.24, 2.45) is 0 Å². The molecule has 1 aliphatic rings. The van der Waals surface area contributed by atoms with Crippen LogP contribution in [0.3, 0.4) is 0 Å². The van der Waals surface area contributed by atoms with Gasteiger partial charge in [0.05, 0.1) is 31.0 Å². The molecule has 0 radical (unpaired) electrons. The second kappa shape index (κ2) is 6.93. The first-order chi connectivity index (χ1) is 10.7. The summed E-state index contributed by atoms with van der Waals surface area (Å²) in [4.78, 5) is 8.37. The zero-order valence-corrected chi connectivity index (χ0v) is 13.6. The molecule has 2 heterocycles. The maximum atomic E-state index is 5.72. The molecule has 1 saturated heterocycles. The summed E-state index contributed by atoms with van der Waals surface area (Å²) in [7, 11) is 1.64. The van der Waals surface area contributed by atoms with Gasteiger partial charge in [0.15, 0.2) is 0 Å². The summed E-state index contributed by atoms with van der Waals surface area (Å²) in [5, 5.41) is 0. The number of aromatic nitrogens is 2. The van der Waals surface area contributed by atoms with Crippen LogP contribution >= 0.6 is 15.9 Å². The van der Waals surface area contributed by atoms with E-state index in [-0.39, 0.29) is 6.10 Å². The van der Waals surface area contributed by atoms with Gasteiger partial charge in [-0.2, -0.15) is 4.98 Å². The Morgan fingerprint density at radius 1 is 1.27 bits per heavy atom. The van der Waals surface area contributed by atoms with E-state index in [9.17, 15) is 0 Å². The second-order valence-electron chi connectivity index (χ2n) is 4.72. The molecule has 0 spiro atoms. The Kier molecular flexibility index (Phi) is 4.74. The number of nitrogens with zero attached hydrogens (tertiary/aromatic N) is 2. The molecule has 0 unspecified atom stereocenters. The van der Waals surface area contributed by atoms with Gasteiger partial charge in [-0.3, -0.25) is 0 Å². The number of ether oxygens (including phenoxy) is 4. The Morgan fingerprint density at radius 2 is 2.05 bits per heavy atom. The van der Waals surface area contributed by atoms with Crippen molar-refractivity contribution in [1.82, 2.24) is 9.97 Å². The van der Waals surface area contributed by atoms with Crippen molar-refractivity contribution in [3.63, 3.8) is 0 Å². The molecule has 3 rings (SSSR count). The Balaban J connectivity index is 1.63. The Bertz CT molecular complexity index is 632. The van der Waals surface area contributed by atoms with Crippen molar-refractivity contribution < 1.29 is 18.9 Å². The van der Waals surface area contributed by atoms with E-state index in [1.807, 2.05) is 24.3 Å². The third kappa shape index (κ3) is 3.66. The molecule has 1 fully saturated rings. The largest absolute Gasteiger partial charge is 0.497 e. The maximum Gasteiger partial charge on any atom is 0.320 e. The van der Waals surface area contributed by atoms with E-state index in [2.05, 4.69) is 25.9 Å². The van der Waals surface area contributed by atoms with Gasteiger partial charge in [-0.05, 0) is 33.6 Å². The van der Waals surface area contributed by atoms with Gasteiger partial charge in [0, 0.05) is 0 Å². The fraction of sp³-hybridized carbons (Fsp3) is 0.333. The Morgan fingerprint density at radius 3 is 2.68 bits per heavy atom. The number of hydrogen-bond donors (Lipinski definition) is 0. The molecule has 6 nitrogen and oxygen atoms in total. The van der Waals surface area contributed by atoms with Gasteiger partial charge >= 0.3 is 6.01 Å². The lowest BCUT2D eigenvalue weighted by atomic mass is 10.2. The van der Waals surface area contributed by atoms with Crippen molar-refractivity contribution >= 4 is 15.9 Å².